The molecule has 9 nitrogen and oxygen atoms in total. The summed E-state index contributed by atoms with van der Waals surface area (Å²) < 4.78 is 46.6. The highest BCUT2D eigenvalue weighted by Crippen LogP contribution is 2.17. The largest absolute Gasteiger partial charge is 0.326 e. The fourth-order valence-electron chi connectivity index (χ4n) is 1.94. The number of hydrogen-bond donors (Lipinski definition) is 3. The van der Waals surface area contributed by atoms with Crippen molar-refractivity contribution in [2.75, 3.05) is 17.7 Å². The van der Waals surface area contributed by atoms with Crippen LogP contribution in [-0.2, 0) is 28.7 Å². The second-order valence-corrected chi connectivity index (χ2v) is 10.0. The smallest absolute Gasteiger partial charge is 0.261 e. The third-order valence-electron chi connectivity index (χ3n) is 3.21. The molecule has 2 amide bonds. The predicted octanol–water partition coefficient (Wildman–Crippen LogP) is 4.18. The minimum absolute atomic E-state index is 0.00766. The van der Waals surface area contributed by atoms with Gasteiger partial charge in [-0.2, -0.15) is 0 Å². The van der Waals surface area contributed by atoms with E-state index in [-0.39, 0.29) is 21.6 Å². The summed E-state index contributed by atoms with van der Waals surface area (Å²) in [5, 5.41) is 5.05. The lowest BCUT2D eigenvalue weighted by Gasteiger charge is -2.04. The van der Waals surface area contributed by atoms with Gasteiger partial charge in [-0.1, -0.05) is 27.7 Å². The average molecular weight is 522 g/mol. The monoisotopic (exact) mass is 521 g/mol. The summed E-state index contributed by atoms with van der Waals surface area (Å²) in [5.41, 5.74) is 1.10. The molecule has 0 fully saturated rings. The molecule has 186 valence electrons. The van der Waals surface area contributed by atoms with Gasteiger partial charge >= 0.3 is 0 Å². The molecular weight excluding hydrogens is 490 g/mol. The van der Waals surface area contributed by atoms with Gasteiger partial charge in [0.25, 0.3) is 9.05 Å². The van der Waals surface area contributed by atoms with Crippen molar-refractivity contribution in [2.24, 2.45) is 0 Å². The molecule has 0 radical (unpaired) electrons. The normalized spacial score (nSPS) is 10.1. The summed E-state index contributed by atoms with van der Waals surface area (Å²) in [4.78, 5) is 21.5. The second kappa shape index (κ2) is 16.2. The number of amides is 2. The standard InChI is InChI=1S/C9H12N2O3S.C8H8ClNO3S.2C2H6/c1-7(12)11-8-3-5-9(6-4-8)15(13,14)10-2;1-6(11)10-7-2-4-8(5-3-7)14(9,12)13;2*1-2/h3-6,10H,1-2H3,(H,11,12);2-5H,1H3,(H,10,11);2*1-2H3. The van der Waals surface area contributed by atoms with Crippen molar-refractivity contribution in [3.8, 4) is 0 Å². The maximum Gasteiger partial charge on any atom is 0.261 e. The van der Waals surface area contributed by atoms with E-state index in [1.807, 2.05) is 27.7 Å². The molecule has 0 bridgehead atoms. The lowest BCUT2D eigenvalue weighted by Crippen LogP contribution is -2.18. The zero-order valence-corrected chi connectivity index (χ0v) is 22.2. The van der Waals surface area contributed by atoms with E-state index in [0.29, 0.717) is 11.4 Å². The van der Waals surface area contributed by atoms with Gasteiger partial charge in [-0.05, 0) is 55.6 Å². The van der Waals surface area contributed by atoms with Gasteiger partial charge in [0.15, 0.2) is 0 Å². The number of hydrogen-bond acceptors (Lipinski definition) is 6. The molecule has 2 aromatic carbocycles. The Labute approximate surface area is 201 Å². The number of benzene rings is 2. The topological polar surface area (TPSA) is 139 Å². The first kappa shape index (κ1) is 32.7. The summed E-state index contributed by atoms with van der Waals surface area (Å²) >= 11 is 0. The Kier molecular flexibility index (Phi) is 16.0. The van der Waals surface area contributed by atoms with Crippen molar-refractivity contribution in [2.45, 2.75) is 51.3 Å². The second-order valence-electron chi connectivity index (χ2n) is 5.56. The number of nitrogens with one attached hydrogen (secondary N) is 3. The van der Waals surface area contributed by atoms with E-state index >= 15 is 0 Å². The summed E-state index contributed by atoms with van der Waals surface area (Å²) in [6, 6.07) is 11.5. The molecule has 33 heavy (non-hydrogen) atoms. The average Bonchev–Trinajstić information content (AvgIpc) is 2.76. The molecule has 0 aliphatic carbocycles. The van der Waals surface area contributed by atoms with E-state index in [1.54, 1.807) is 0 Å². The van der Waals surface area contributed by atoms with Crippen LogP contribution in [0.5, 0.6) is 0 Å². The van der Waals surface area contributed by atoms with Crippen LogP contribution in [0, 0.1) is 0 Å². The van der Waals surface area contributed by atoms with Crippen molar-refractivity contribution in [1.82, 2.24) is 4.72 Å². The van der Waals surface area contributed by atoms with Crippen LogP contribution in [0.25, 0.3) is 0 Å². The first-order chi connectivity index (χ1) is 15.3. The molecule has 0 unspecified atom stereocenters. The van der Waals surface area contributed by atoms with E-state index in [1.165, 1.54) is 69.4 Å². The first-order valence-electron chi connectivity index (χ1n) is 9.98. The van der Waals surface area contributed by atoms with Crippen LogP contribution in [0.15, 0.2) is 58.3 Å². The van der Waals surface area contributed by atoms with Gasteiger partial charge in [0, 0.05) is 35.9 Å². The number of halogens is 1. The lowest BCUT2D eigenvalue weighted by molar-refractivity contribution is -0.115. The fourth-order valence-corrected chi connectivity index (χ4v) is 3.44. The van der Waals surface area contributed by atoms with E-state index in [0.717, 1.165) is 0 Å². The van der Waals surface area contributed by atoms with Crippen LogP contribution >= 0.6 is 10.7 Å². The Bertz CT molecular complexity index is 1070. The van der Waals surface area contributed by atoms with Crippen molar-refractivity contribution in [3.05, 3.63) is 48.5 Å². The molecule has 0 spiro atoms. The zero-order chi connectivity index (χ0) is 26.2. The minimum Gasteiger partial charge on any atom is -0.326 e. The molecule has 0 saturated heterocycles. The number of sulfonamides is 1. The highest BCUT2D eigenvalue weighted by molar-refractivity contribution is 8.13. The van der Waals surface area contributed by atoms with E-state index in [9.17, 15) is 26.4 Å². The Morgan fingerprint density at radius 1 is 0.667 bits per heavy atom. The van der Waals surface area contributed by atoms with Crippen LogP contribution in [0.3, 0.4) is 0 Å². The zero-order valence-electron chi connectivity index (χ0n) is 19.8. The van der Waals surface area contributed by atoms with Crippen molar-refractivity contribution in [1.29, 1.82) is 0 Å². The SMILES string of the molecule is CC.CC.CC(=O)Nc1ccc(S(=O)(=O)Cl)cc1.CNS(=O)(=O)c1ccc(NC(C)=O)cc1. The minimum atomic E-state index is -3.69. The summed E-state index contributed by atoms with van der Waals surface area (Å²) in [5.74, 6) is -0.411. The molecule has 2 rings (SSSR count). The lowest BCUT2D eigenvalue weighted by atomic mass is 10.3. The van der Waals surface area contributed by atoms with Crippen molar-refractivity contribution in [3.63, 3.8) is 0 Å². The quantitative estimate of drug-likeness (QED) is 0.504. The molecule has 0 saturated carbocycles. The Balaban J connectivity index is 0. The number of anilines is 2. The maximum absolute atomic E-state index is 11.3. The van der Waals surface area contributed by atoms with Crippen molar-refractivity contribution < 1.29 is 26.4 Å². The van der Waals surface area contributed by atoms with Crippen LogP contribution < -0.4 is 15.4 Å². The summed E-state index contributed by atoms with van der Waals surface area (Å²) in [6.07, 6.45) is 0. The molecule has 2 aromatic rings. The third kappa shape index (κ3) is 13.6. The Morgan fingerprint density at radius 2 is 0.970 bits per heavy atom. The molecule has 12 heteroatoms. The van der Waals surface area contributed by atoms with Crippen molar-refractivity contribution >= 4 is 52.9 Å². The fraction of sp³-hybridized carbons (Fsp3) is 0.333. The highest BCUT2D eigenvalue weighted by atomic mass is 35.7. The highest BCUT2D eigenvalue weighted by Gasteiger charge is 2.10. The summed E-state index contributed by atoms with van der Waals surface area (Å²) in [7, 11) is -0.649. The van der Waals surface area contributed by atoms with Gasteiger partial charge in [-0.25, -0.2) is 21.6 Å². The predicted molar refractivity (Wildman–Crippen MR) is 133 cm³/mol. The van der Waals surface area contributed by atoms with Gasteiger partial charge in [0.2, 0.25) is 21.8 Å². The molecule has 0 aromatic heterocycles. The van der Waals surface area contributed by atoms with Crippen LogP contribution in [0.4, 0.5) is 11.4 Å². The van der Waals surface area contributed by atoms with E-state index in [2.05, 4.69) is 15.4 Å². The third-order valence-corrected chi connectivity index (χ3v) is 6.01. The first-order valence-corrected chi connectivity index (χ1v) is 13.8. The van der Waals surface area contributed by atoms with Crippen LogP contribution in [0.1, 0.15) is 41.5 Å². The molecule has 0 heterocycles. The maximum atomic E-state index is 11.3. The number of rotatable bonds is 5. The van der Waals surface area contributed by atoms with Crippen LogP contribution in [0.2, 0.25) is 0 Å². The Morgan fingerprint density at radius 3 is 1.21 bits per heavy atom. The Hall–Kier alpha value is -2.47. The van der Waals surface area contributed by atoms with Gasteiger partial charge in [0.05, 0.1) is 9.79 Å². The molecular formula is C21H32ClN3O6S2. The molecule has 0 atom stereocenters. The number of carbonyl (C=O) groups excluding carboxylic acids is 2. The molecule has 0 aliphatic heterocycles. The molecule has 3 N–H and O–H groups in total. The number of carbonyl (C=O) groups is 2. The van der Waals surface area contributed by atoms with Gasteiger partial charge in [-0.3, -0.25) is 9.59 Å². The van der Waals surface area contributed by atoms with Gasteiger partial charge < -0.3 is 10.6 Å². The van der Waals surface area contributed by atoms with E-state index < -0.39 is 19.1 Å². The van der Waals surface area contributed by atoms with Gasteiger partial charge in [-0.15, -0.1) is 0 Å². The summed E-state index contributed by atoms with van der Waals surface area (Å²) in [6.45, 7) is 10.8. The molecule has 0 aliphatic rings. The van der Waals surface area contributed by atoms with E-state index in [4.69, 9.17) is 10.7 Å². The van der Waals surface area contributed by atoms with Gasteiger partial charge in [0.1, 0.15) is 0 Å². The van der Waals surface area contributed by atoms with Crippen LogP contribution in [-0.4, -0.2) is 35.7 Å².